The zero-order valence-corrected chi connectivity index (χ0v) is 12.4. The number of methoxy groups -OCH3 is 1. The average Bonchev–Trinajstić information content (AvgIpc) is 3.13. The predicted octanol–water partition coefficient (Wildman–Crippen LogP) is 1.22. The van der Waals surface area contributed by atoms with Crippen LogP contribution >= 0.6 is 0 Å². The first-order valence-corrected chi connectivity index (χ1v) is 7.44. The van der Waals surface area contributed by atoms with E-state index in [2.05, 4.69) is 10.6 Å². The molecule has 2 N–H and O–H groups in total. The molecule has 2 heterocycles. The normalized spacial score (nSPS) is 24.0. The number of hydrogen-bond donors (Lipinski definition) is 2. The maximum Gasteiger partial charge on any atom is 0.251 e. The molecule has 1 aromatic rings. The molecule has 0 aromatic heterocycles. The molecule has 0 spiro atoms. The number of carbonyl (C=O) groups is 1. The van der Waals surface area contributed by atoms with Gasteiger partial charge in [0.15, 0.2) is 0 Å². The number of hydrogen-bond acceptors (Lipinski definition) is 4. The zero-order chi connectivity index (χ0) is 14.7. The van der Waals surface area contributed by atoms with Crippen molar-refractivity contribution in [3.05, 3.63) is 34.9 Å². The molecule has 1 saturated heterocycles. The Kier molecular flexibility index (Phi) is 4.24. The van der Waals surface area contributed by atoms with Crippen molar-refractivity contribution in [2.75, 3.05) is 26.8 Å². The maximum atomic E-state index is 12.3. The van der Waals surface area contributed by atoms with Gasteiger partial charge in [-0.25, -0.2) is 0 Å². The lowest BCUT2D eigenvalue weighted by molar-refractivity contribution is 0.0892. The number of benzene rings is 1. The van der Waals surface area contributed by atoms with E-state index >= 15 is 0 Å². The summed E-state index contributed by atoms with van der Waals surface area (Å²) in [7, 11) is 1.70. The smallest absolute Gasteiger partial charge is 0.251 e. The largest absolute Gasteiger partial charge is 0.383 e. The summed E-state index contributed by atoms with van der Waals surface area (Å²) in [6.45, 7) is 3.44. The van der Waals surface area contributed by atoms with Crippen molar-refractivity contribution >= 4 is 5.91 Å². The van der Waals surface area contributed by atoms with Crippen LogP contribution in [-0.4, -0.2) is 38.3 Å². The summed E-state index contributed by atoms with van der Waals surface area (Å²) < 4.78 is 10.7. The Bertz CT molecular complexity index is 524. The Hall–Kier alpha value is -1.43. The highest BCUT2D eigenvalue weighted by Gasteiger charge is 2.33. The molecule has 1 atom stereocenters. The lowest BCUT2D eigenvalue weighted by Gasteiger charge is -2.29. The summed E-state index contributed by atoms with van der Waals surface area (Å²) in [5.41, 5.74) is 2.88. The summed E-state index contributed by atoms with van der Waals surface area (Å²) in [6.07, 6.45) is 2.15. The standard InChI is InChI=1S/C16H22N2O3/c1-20-11-16(5-2-6-18-16)10-17-15(19)12-3-4-13-8-21-9-14(13)7-12/h3-4,7,18H,2,5-6,8-11H2,1H3,(H,17,19). The number of rotatable bonds is 5. The minimum absolute atomic E-state index is 0.0334. The van der Waals surface area contributed by atoms with Crippen LogP contribution in [0.1, 0.15) is 34.3 Å². The van der Waals surface area contributed by atoms with Crippen LogP contribution in [0.3, 0.4) is 0 Å². The minimum atomic E-state index is -0.121. The van der Waals surface area contributed by atoms with E-state index in [1.54, 1.807) is 7.11 Å². The van der Waals surface area contributed by atoms with Crippen molar-refractivity contribution < 1.29 is 14.3 Å². The molecule has 114 valence electrons. The van der Waals surface area contributed by atoms with Gasteiger partial charge in [0.2, 0.25) is 0 Å². The Balaban J connectivity index is 1.63. The molecule has 5 heteroatoms. The third-order valence-electron chi connectivity index (χ3n) is 4.32. The van der Waals surface area contributed by atoms with E-state index in [1.807, 2.05) is 18.2 Å². The SMILES string of the molecule is COCC1(CNC(=O)c2ccc3c(c2)COC3)CCCN1. The molecular formula is C16H22N2O3. The van der Waals surface area contributed by atoms with E-state index in [9.17, 15) is 4.79 Å². The van der Waals surface area contributed by atoms with Crippen molar-refractivity contribution in [1.29, 1.82) is 0 Å². The fourth-order valence-corrected chi connectivity index (χ4v) is 3.13. The molecule has 2 aliphatic heterocycles. The zero-order valence-electron chi connectivity index (χ0n) is 12.4. The van der Waals surface area contributed by atoms with Gasteiger partial charge in [0.25, 0.3) is 5.91 Å². The predicted molar refractivity (Wildman–Crippen MR) is 79.1 cm³/mol. The average molecular weight is 290 g/mol. The molecule has 0 saturated carbocycles. The van der Waals surface area contributed by atoms with Gasteiger partial charge >= 0.3 is 0 Å². The van der Waals surface area contributed by atoms with Crippen LogP contribution in [0.4, 0.5) is 0 Å². The van der Waals surface area contributed by atoms with Crippen LogP contribution in [0.5, 0.6) is 0 Å². The third kappa shape index (κ3) is 3.10. The first-order valence-electron chi connectivity index (χ1n) is 7.44. The molecule has 1 amide bonds. The first-order chi connectivity index (χ1) is 10.2. The van der Waals surface area contributed by atoms with Crippen LogP contribution in [0.15, 0.2) is 18.2 Å². The Labute approximate surface area is 125 Å². The molecule has 21 heavy (non-hydrogen) atoms. The number of nitrogens with one attached hydrogen (secondary N) is 2. The third-order valence-corrected chi connectivity index (χ3v) is 4.32. The summed E-state index contributed by atoms with van der Waals surface area (Å²) in [6, 6.07) is 5.78. The lowest BCUT2D eigenvalue weighted by Crippen LogP contribution is -2.53. The molecule has 0 aliphatic carbocycles. The van der Waals surface area contributed by atoms with Crippen LogP contribution in [0, 0.1) is 0 Å². The molecule has 2 aliphatic rings. The molecule has 1 unspecified atom stereocenters. The van der Waals surface area contributed by atoms with Crippen LogP contribution in [0.2, 0.25) is 0 Å². The Morgan fingerprint density at radius 1 is 1.43 bits per heavy atom. The van der Waals surface area contributed by atoms with Gasteiger partial charge in [-0.15, -0.1) is 0 Å². The number of ether oxygens (including phenoxy) is 2. The quantitative estimate of drug-likeness (QED) is 0.856. The van der Waals surface area contributed by atoms with E-state index in [0.29, 0.717) is 31.9 Å². The molecule has 0 bridgehead atoms. The number of fused-ring (bicyclic) bond motifs is 1. The molecule has 1 aromatic carbocycles. The number of amides is 1. The molecule has 3 rings (SSSR count). The Morgan fingerprint density at radius 2 is 2.29 bits per heavy atom. The Morgan fingerprint density at radius 3 is 3.05 bits per heavy atom. The van der Waals surface area contributed by atoms with Crippen LogP contribution in [-0.2, 0) is 22.7 Å². The molecule has 1 fully saturated rings. The highest BCUT2D eigenvalue weighted by atomic mass is 16.5. The van der Waals surface area contributed by atoms with Crippen molar-refractivity contribution in [3.63, 3.8) is 0 Å². The van der Waals surface area contributed by atoms with Crippen molar-refractivity contribution in [2.45, 2.75) is 31.6 Å². The van der Waals surface area contributed by atoms with E-state index in [-0.39, 0.29) is 11.4 Å². The summed E-state index contributed by atoms with van der Waals surface area (Å²) in [5.74, 6) is -0.0334. The van der Waals surface area contributed by atoms with Gasteiger partial charge in [0.05, 0.1) is 25.4 Å². The maximum absolute atomic E-state index is 12.3. The summed E-state index contributed by atoms with van der Waals surface area (Å²) in [4.78, 5) is 12.3. The fraction of sp³-hybridized carbons (Fsp3) is 0.562. The first kappa shape index (κ1) is 14.5. The highest BCUT2D eigenvalue weighted by molar-refractivity contribution is 5.94. The van der Waals surface area contributed by atoms with E-state index in [1.165, 1.54) is 5.56 Å². The van der Waals surface area contributed by atoms with Crippen molar-refractivity contribution in [3.8, 4) is 0 Å². The van der Waals surface area contributed by atoms with Gasteiger partial charge in [-0.1, -0.05) is 6.07 Å². The second kappa shape index (κ2) is 6.13. The van der Waals surface area contributed by atoms with E-state index < -0.39 is 0 Å². The van der Waals surface area contributed by atoms with Crippen LogP contribution in [0.25, 0.3) is 0 Å². The topological polar surface area (TPSA) is 59.6 Å². The monoisotopic (exact) mass is 290 g/mol. The second-order valence-electron chi connectivity index (χ2n) is 5.90. The fourth-order valence-electron chi connectivity index (χ4n) is 3.13. The van der Waals surface area contributed by atoms with Gasteiger partial charge in [0.1, 0.15) is 0 Å². The number of carbonyl (C=O) groups excluding carboxylic acids is 1. The van der Waals surface area contributed by atoms with Crippen LogP contribution < -0.4 is 10.6 Å². The van der Waals surface area contributed by atoms with Crippen molar-refractivity contribution in [1.82, 2.24) is 10.6 Å². The van der Waals surface area contributed by atoms with Crippen molar-refractivity contribution in [2.24, 2.45) is 0 Å². The molecule has 0 radical (unpaired) electrons. The highest BCUT2D eigenvalue weighted by Crippen LogP contribution is 2.22. The van der Waals surface area contributed by atoms with Gasteiger partial charge < -0.3 is 20.1 Å². The van der Waals surface area contributed by atoms with Gasteiger partial charge in [-0.3, -0.25) is 4.79 Å². The van der Waals surface area contributed by atoms with Gasteiger partial charge in [-0.2, -0.15) is 0 Å². The molecule has 5 nitrogen and oxygen atoms in total. The van der Waals surface area contributed by atoms with E-state index in [4.69, 9.17) is 9.47 Å². The van der Waals surface area contributed by atoms with E-state index in [0.717, 1.165) is 24.9 Å². The van der Waals surface area contributed by atoms with Gasteiger partial charge in [-0.05, 0) is 42.6 Å². The summed E-state index contributed by atoms with van der Waals surface area (Å²) in [5, 5.41) is 6.50. The lowest BCUT2D eigenvalue weighted by atomic mass is 9.98. The summed E-state index contributed by atoms with van der Waals surface area (Å²) >= 11 is 0. The molecular weight excluding hydrogens is 268 g/mol. The van der Waals surface area contributed by atoms with Gasteiger partial charge in [0, 0.05) is 19.2 Å². The second-order valence-corrected chi connectivity index (χ2v) is 5.90. The minimum Gasteiger partial charge on any atom is -0.383 e.